The van der Waals surface area contributed by atoms with Crippen LogP contribution in [0.2, 0.25) is 0 Å². The van der Waals surface area contributed by atoms with Crippen molar-refractivity contribution in [3.63, 3.8) is 0 Å². The van der Waals surface area contributed by atoms with Gasteiger partial charge in [-0.15, -0.1) is 11.3 Å². The van der Waals surface area contributed by atoms with E-state index in [9.17, 15) is 9.59 Å². The number of ketones is 1. The van der Waals surface area contributed by atoms with E-state index in [0.29, 0.717) is 16.3 Å². The summed E-state index contributed by atoms with van der Waals surface area (Å²) < 4.78 is 0. The van der Waals surface area contributed by atoms with E-state index in [-0.39, 0.29) is 11.3 Å². The standard InChI is InChI=1S/C19H18N2O2S2/c1-11(22)9-25-19-20-17(23)16-15(10-24-18(16)21-19)14-7-6-12-4-2-3-5-13(12)8-14/h6-8,10H,2-5,9H2,1H3,(H,20,21,23). The number of hydrogen-bond acceptors (Lipinski definition) is 5. The molecular formula is C19H18N2O2S2. The summed E-state index contributed by atoms with van der Waals surface area (Å²) in [6.07, 6.45) is 4.77. The van der Waals surface area contributed by atoms with Gasteiger partial charge in [0.05, 0.1) is 11.1 Å². The first-order valence-corrected chi connectivity index (χ1v) is 10.2. The molecule has 4 nitrogen and oxygen atoms in total. The zero-order valence-electron chi connectivity index (χ0n) is 13.9. The van der Waals surface area contributed by atoms with E-state index in [0.717, 1.165) is 28.8 Å². The van der Waals surface area contributed by atoms with Crippen molar-refractivity contribution in [3.05, 3.63) is 45.1 Å². The molecule has 0 spiro atoms. The maximum Gasteiger partial charge on any atom is 0.260 e. The molecular weight excluding hydrogens is 352 g/mol. The minimum atomic E-state index is -0.134. The van der Waals surface area contributed by atoms with Crippen LogP contribution in [0.25, 0.3) is 21.3 Å². The Morgan fingerprint density at radius 1 is 1.28 bits per heavy atom. The number of nitrogens with one attached hydrogen (secondary N) is 1. The van der Waals surface area contributed by atoms with Crippen LogP contribution < -0.4 is 5.56 Å². The summed E-state index contributed by atoms with van der Waals surface area (Å²) in [5, 5.41) is 3.16. The third kappa shape index (κ3) is 3.28. The number of fused-ring (bicyclic) bond motifs is 2. The number of aromatic nitrogens is 2. The van der Waals surface area contributed by atoms with Crippen LogP contribution in [0.3, 0.4) is 0 Å². The minimum absolute atomic E-state index is 0.0636. The number of aryl methyl sites for hydroxylation is 2. The van der Waals surface area contributed by atoms with Gasteiger partial charge in [-0.3, -0.25) is 9.59 Å². The maximum atomic E-state index is 12.6. The molecule has 1 aliphatic carbocycles. The third-order valence-corrected chi connectivity index (χ3v) is 6.38. The predicted octanol–water partition coefficient (Wildman–Crippen LogP) is 4.21. The topological polar surface area (TPSA) is 62.8 Å². The summed E-state index contributed by atoms with van der Waals surface area (Å²) in [4.78, 5) is 31.8. The molecule has 0 amide bonds. The van der Waals surface area contributed by atoms with Gasteiger partial charge in [0.1, 0.15) is 10.6 Å². The SMILES string of the molecule is CC(=O)CSc1nc2scc(-c3ccc4c(c3)CCCC4)c2c(=O)[nH]1. The minimum Gasteiger partial charge on any atom is -0.301 e. The van der Waals surface area contributed by atoms with Crippen LogP contribution in [0, 0.1) is 0 Å². The molecule has 0 fully saturated rings. The first kappa shape index (κ1) is 16.5. The summed E-state index contributed by atoms with van der Waals surface area (Å²) >= 11 is 2.75. The molecule has 0 bridgehead atoms. The highest BCUT2D eigenvalue weighted by Crippen LogP contribution is 2.34. The molecule has 0 aliphatic heterocycles. The highest BCUT2D eigenvalue weighted by Gasteiger charge is 2.16. The van der Waals surface area contributed by atoms with E-state index >= 15 is 0 Å². The molecule has 1 aromatic carbocycles. The second kappa shape index (κ2) is 6.77. The Kier molecular flexibility index (Phi) is 4.48. The number of thioether (sulfide) groups is 1. The zero-order chi connectivity index (χ0) is 17.4. The van der Waals surface area contributed by atoms with Gasteiger partial charge in [-0.2, -0.15) is 0 Å². The lowest BCUT2D eigenvalue weighted by Crippen LogP contribution is -2.09. The molecule has 3 aromatic rings. The van der Waals surface area contributed by atoms with Gasteiger partial charge in [0.2, 0.25) is 0 Å². The molecule has 0 atom stereocenters. The number of carbonyl (C=O) groups excluding carboxylic acids is 1. The second-order valence-corrected chi connectivity index (χ2v) is 8.20. The number of thiophene rings is 1. The number of hydrogen-bond donors (Lipinski definition) is 1. The Hall–Kier alpha value is -1.92. The number of carbonyl (C=O) groups is 1. The zero-order valence-corrected chi connectivity index (χ0v) is 15.6. The average molecular weight is 370 g/mol. The second-order valence-electron chi connectivity index (χ2n) is 6.38. The Balaban J connectivity index is 1.76. The third-order valence-electron chi connectivity index (χ3n) is 4.49. The number of Topliss-reactive ketones (excluding diaryl/α,β-unsaturated/α-hetero) is 1. The Labute approximate surface area is 153 Å². The first-order chi connectivity index (χ1) is 12.1. The van der Waals surface area contributed by atoms with E-state index in [4.69, 9.17) is 0 Å². The number of benzene rings is 1. The van der Waals surface area contributed by atoms with E-state index in [1.807, 2.05) is 5.38 Å². The predicted molar refractivity (Wildman–Crippen MR) is 104 cm³/mol. The highest BCUT2D eigenvalue weighted by molar-refractivity contribution is 7.99. The molecule has 6 heteroatoms. The fraction of sp³-hybridized carbons (Fsp3) is 0.316. The highest BCUT2D eigenvalue weighted by atomic mass is 32.2. The van der Waals surface area contributed by atoms with Crippen molar-refractivity contribution in [1.82, 2.24) is 9.97 Å². The van der Waals surface area contributed by atoms with Crippen LogP contribution in [0.1, 0.15) is 30.9 Å². The lowest BCUT2D eigenvalue weighted by Gasteiger charge is -2.16. The summed E-state index contributed by atoms with van der Waals surface area (Å²) in [6.45, 7) is 1.53. The van der Waals surface area contributed by atoms with Crippen LogP contribution in [0.4, 0.5) is 0 Å². The van der Waals surface area contributed by atoms with Gasteiger partial charge in [-0.1, -0.05) is 30.0 Å². The lowest BCUT2D eigenvalue weighted by atomic mass is 9.89. The van der Waals surface area contributed by atoms with Gasteiger partial charge < -0.3 is 4.98 Å². The van der Waals surface area contributed by atoms with Crippen molar-refractivity contribution >= 4 is 39.1 Å². The molecule has 1 aliphatic rings. The molecule has 2 aromatic heterocycles. The van der Waals surface area contributed by atoms with Gasteiger partial charge >= 0.3 is 0 Å². The smallest absolute Gasteiger partial charge is 0.260 e. The van der Waals surface area contributed by atoms with Gasteiger partial charge in [-0.05, 0) is 49.3 Å². The van der Waals surface area contributed by atoms with E-state index in [1.165, 1.54) is 54.0 Å². The normalized spacial score (nSPS) is 13.8. The number of H-pyrrole nitrogens is 1. The van der Waals surface area contributed by atoms with Crippen molar-refractivity contribution in [2.45, 2.75) is 37.8 Å². The molecule has 0 unspecified atom stereocenters. The molecule has 25 heavy (non-hydrogen) atoms. The van der Waals surface area contributed by atoms with Crippen LogP contribution in [0.15, 0.2) is 33.5 Å². The van der Waals surface area contributed by atoms with Crippen LogP contribution in [-0.2, 0) is 17.6 Å². The van der Waals surface area contributed by atoms with E-state index in [2.05, 4.69) is 28.2 Å². The summed E-state index contributed by atoms with van der Waals surface area (Å²) in [6, 6.07) is 6.55. The van der Waals surface area contributed by atoms with Gasteiger partial charge in [0.25, 0.3) is 5.56 Å². The number of nitrogens with zero attached hydrogens (tertiary/aromatic N) is 1. The van der Waals surface area contributed by atoms with Crippen molar-refractivity contribution in [1.29, 1.82) is 0 Å². The van der Waals surface area contributed by atoms with Crippen LogP contribution in [0.5, 0.6) is 0 Å². The van der Waals surface area contributed by atoms with Crippen LogP contribution in [-0.4, -0.2) is 21.5 Å². The molecule has 128 valence electrons. The first-order valence-electron chi connectivity index (χ1n) is 8.38. The molecule has 2 heterocycles. The lowest BCUT2D eigenvalue weighted by molar-refractivity contribution is -0.114. The molecule has 0 saturated carbocycles. The summed E-state index contributed by atoms with van der Waals surface area (Å²) in [5.74, 6) is 0.381. The van der Waals surface area contributed by atoms with Crippen molar-refractivity contribution < 1.29 is 4.79 Å². The fourth-order valence-corrected chi connectivity index (χ4v) is 4.95. The molecule has 4 rings (SSSR count). The number of aromatic amines is 1. The molecule has 0 saturated heterocycles. The monoisotopic (exact) mass is 370 g/mol. The Morgan fingerprint density at radius 2 is 2.08 bits per heavy atom. The largest absolute Gasteiger partial charge is 0.301 e. The molecule has 1 N–H and O–H groups in total. The van der Waals surface area contributed by atoms with Crippen LogP contribution >= 0.6 is 23.1 Å². The Bertz CT molecular complexity index is 1020. The quantitative estimate of drug-likeness (QED) is 0.552. The number of rotatable bonds is 4. The summed E-state index contributed by atoms with van der Waals surface area (Å²) in [5.41, 5.74) is 4.74. The fourth-order valence-electron chi connectivity index (χ4n) is 3.28. The maximum absolute atomic E-state index is 12.6. The van der Waals surface area contributed by atoms with E-state index < -0.39 is 0 Å². The Morgan fingerprint density at radius 3 is 2.88 bits per heavy atom. The van der Waals surface area contributed by atoms with Crippen molar-refractivity contribution in [2.24, 2.45) is 0 Å². The van der Waals surface area contributed by atoms with Gasteiger partial charge in [0.15, 0.2) is 5.16 Å². The van der Waals surface area contributed by atoms with Gasteiger partial charge in [-0.25, -0.2) is 4.98 Å². The average Bonchev–Trinajstić information content (AvgIpc) is 3.04. The van der Waals surface area contributed by atoms with E-state index in [1.54, 1.807) is 0 Å². The van der Waals surface area contributed by atoms with Gasteiger partial charge in [0, 0.05) is 10.9 Å². The van der Waals surface area contributed by atoms with Crippen molar-refractivity contribution in [2.75, 3.05) is 5.75 Å². The van der Waals surface area contributed by atoms with Crippen molar-refractivity contribution in [3.8, 4) is 11.1 Å². The molecule has 0 radical (unpaired) electrons. The summed E-state index contributed by atoms with van der Waals surface area (Å²) in [7, 11) is 0.